The van der Waals surface area contributed by atoms with E-state index in [2.05, 4.69) is 0 Å². The molecule has 20 heavy (non-hydrogen) atoms. The zero-order valence-corrected chi connectivity index (χ0v) is 13.6. The summed E-state index contributed by atoms with van der Waals surface area (Å²) in [5.41, 5.74) is 0.946. The molecule has 4 nitrogen and oxygen atoms in total. The van der Waals surface area contributed by atoms with Crippen molar-refractivity contribution in [3.63, 3.8) is 0 Å². The highest BCUT2D eigenvalue weighted by atomic mass is 32.8. The van der Waals surface area contributed by atoms with Crippen LogP contribution in [0.5, 0.6) is 0 Å². The normalized spacial score (nSPS) is 15.3. The fourth-order valence-electron chi connectivity index (χ4n) is 1.65. The predicted molar refractivity (Wildman–Crippen MR) is 81.1 cm³/mol. The van der Waals surface area contributed by atoms with E-state index in [-0.39, 0.29) is 0 Å². The van der Waals surface area contributed by atoms with Crippen LogP contribution in [0, 0.1) is 6.92 Å². The van der Waals surface area contributed by atoms with Crippen molar-refractivity contribution in [3.8, 4) is 0 Å². The van der Waals surface area contributed by atoms with Crippen molar-refractivity contribution in [2.75, 3.05) is 0 Å². The summed E-state index contributed by atoms with van der Waals surface area (Å²) in [6.07, 6.45) is 1.34. The second-order valence-corrected chi connectivity index (χ2v) is 7.44. The number of carbonyl (C=O) groups excluding carboxylic acids is 1. The maximum atomic E-state index is 12.5. The summed E-state index contributed by atoms with van der Waals surface area (Å²) in [5.74, 6) is -0.472. The minimum Gasteiger partial charge on any atom is -0.435 e. The van der Waals surface area contributed by atoms with Gasteiger partial charge in [0.1, 0.15) is 0 Å². The second-order valence-electron chi connectivity index (χ2n) is 4.55. The minimum atomic E-state index is -3.10. The molecule has 112 valence electrons. The molecule has 0 aliphatic rings. The highest BCUT2D eigenvalue weighted by molar-refractivity contribution is 8.30. The summed E-state index contributed by atoms with van der Waals surface area (Å²) >= 11 is 5.06. The summed E-state index contributed by atoms with van der Waals surface area (Å²) in [4.78, 5) is 11.5. The van der Waals surface area contributed by atoms with Crippen LogP contribution in [0.2, 0.25) is 0 Å². The van der Waals surface area contributed by atoms with Crippen LogP contribution >= 0.6 is 0 Å². The Hall–Kier alpha value is -0.980. The molecular weight excluding hydrogens is 296 g/mol. The van der Waals surface area contributed by atoms with E-state index in [0.29, 0.717) is 11.3 Å². The van der Waals surface area contributed by atoms with Gasteiger partial charge in [0.2, 0.25) is 6.29 Å². The molecule has 0 saturated heterocycles. The SMILES string of the molecule is CCCCC(OC(C)=O)OS(=O)(=S)c1cccc(C)c1. The van der Waals surface area contributed by atoms with Crippen molar-refractivity contribution < 1.29 is 17.9 Å². The first-order valence-electron chi connectivity index (χ1n) is 6.52. The third-order valence-electron chi connectivity index (χ3n) is 2.60. The Morgan fingerprint density at radius 3 is 2.70 bits per heavy atom. The first kappa shape index (κ1) is 17.1. The van der Waals surface area contributed by atoms with Crippen molar-refractivity contribution in [1.82, 2.24) is 0 Å². The van der Waals surface area contributed by atoms with Gasteiger partial charge in [0.05, 0.1) is 4.90 Å². The monoisotopic (exact) mass is 316 g/mol. The van der Waals surface area contributed by atoms with Crippen LogP contribution < -0.4 is 0 Å². The number of benzene rings is 1. The van der Waals surface area contributed by atoms with Gasteiger partial charge >= 0.3 is 5.97 Å². The van der Waals surface area contributed by atoms with Crippen molar-refractivity contribution in [2.24, 2.45) is 0 Å². The molecule has 0 aliphatic heterocycles. The van der Waals surface area contributed by atoms with Crippen LogP contribution in [-0.4, -0.2) is 16.5 Å². The highest BCUT2D eigenvalue weighted by Gasteiger charge is 2.20. The van der Waals surface area contributed by atoms with E-state index in [0.717, 1.165) is 18.4 Å². The number of hydrogen-bond acceptors (Lipinski definition) is 5. The fraction of sp³-hybridized carbons (Fsp3) is 0.500. The van der Waals surface area contributed by atoms with Crippen LogP contribution in [0.1, 0.15) is 38.7 Å². The lowest BCUT2D eigenvalue weighted by atomic mass is 10.2. The number of esters is 1. The molecule has 0 heterocycles. The number of carbonyl (C=O) groups is 1. The lowest BCUT2D eigenvalue weighted by Gasteiger charge is -2.18. The zero-order valence-electron chi connectivity index (χ0n) is 12.0. The molecule has 0 aromatic heterocycles. The van der Waals surface area contributed by atoms with Gasteiger partial charge in [-0.15, -0.1) is 0 Å². The Labute approximate surface area is 125 Å². The van der Waals surface area contributed by atoms with Gasteiger partial charge in [-0.3, -0.25) is 4.79 Å². The molecule has 0 amide bonds. The summed E-state index contributed by atoms with van der Waals surface area (Å²) < 4.78 is 22.9. The van der Waals surface area contributed by atoms with E-state index in [9.17, 15) is 9.00 Å². The van der Waals surface area contributed by atoms with Crippen LogP contribution in [-0.2, 0) is 33.7 Å². The van der Waals surface area contributed by atoms with Crippen molar-refractivity contribution >= 4 is 25.9 Å². The molecule has 0 N–H and O–H groups in total. The van der Waals surface area contributed by atoms with Gasteiger partial charge in [0, 0.05) is 24.5 Å². The molecule has 0 fully saturated rings. The smallest absolute Gasteiger partial charge is 0.304 e. The molecule has 6 heteroatoms. The average molecular weight is 316 g/mol. The number of unbranched alkanes of at least 4 members (excludes halogenated alkanes) is 1. The van der Waals surface area contributed by atoms with Gasteiger partial charge in [0.25, 0.3) is 0 Å². The second kappa shape index (κ2) is 7.71. The van der Waals surface area contributed by atoms with E-state index < -0.39 is 21.0 Å². The Kier molecular flexibility index (Phi) is 6.58. The Morgan fingerprint density at radius 1 is 1.45 bits per heavy atom. The molecule has 0 saturated carbocycles. The topological polar surface area (TPSA) is 52.6 Å². The van der Waals surface area contributed by atoms with Crippen molar-refractivity contribution in [1.29, 1.82) is 0 Å². The third kappa shape index (κ3) is 5.56. The first-order valence-corrected chi connectivity index (χ1v) is 8.93. The van der Waals surface area contributed by atoms with Gasteiger partial charge in [0.15, 0.2) is 8.77 Å². The Balaban J connectivity index is 2.87. The highest BCUT2D eigenvalue weighted by Crippen LogP contribution is 2.19. The molecule has 2 atom stereocenters. The molecule has 1 aromatic rings. The van der Waals surface area contributed by atoms with Gasteiger partial charge in [-0.25, -0.2) is 8.39 Å². The zero-order chi connectivity index (χ0) is 15.2. The summed E-state index contributed by atoms with van der Waals surface area (Å²) in [6.45, 7) is 5.19. The van der Waals surface area contributed by atoms with Gasteiger partial charge in [-0.2, -0.15) is 0 Å². The van der Waals surface area contributed by atoms with Gasteiger partial charge in [-0.1, -0.05) is 25.5 Å². The van der Waals surface area contributed by atoms with E-state index in [1.54, 1.807) is 18.2 Å². The molecule has 0 radical (unpaired) electrons. The van der Waals surface area contributed by atoms with Crippen LogP contribution in [0.15, 0.2) is 29.2 Å². The lowest BCUT2D eigenvalue weighted by Crippen LogP contribution is -2.23. The maximum Gasteiger partial charge on any atom is 0.304 e. The first-order chi connectivity index (χ1) is 9.35. The Bertz CT molecular complexity index is 552. The van der Waals surface area contributed by atoms with E-state index in [1.807, 2.05) is 19.9 Å². The van der Waals surface area contributed by atoms with Crippen molar-refractivity contribution in [2.45, 2.75) is 51.2 Å². The molecule has 0 bridgehead atoms. The quantitative estimate of drug-likeness (QED) is 0.571. The summed E-state index contributed by atoms with van der Waals surface area (Å²) in [5, 5.41) is 0. The number of hydrogen-bond donors (Lipinski definition) is 0. The van der Waals surface area contributed by atoms with E-state index >= 15 is 0 Å². The molecule has 0 spiro atoms. The number of aryl methyl sites for hydroxylation is 1. The molecule has 0 aliphatic carbocycles. The number of rotatable bonds is 7. The average Bonchev–Trinajstić information content (AvgIpc) is 2.35. The number of ether oxygens (including phenoxy) is 1. The molecular formula is C14H20O4S2. The van der Waals surface area contributed by atoms with Crippen LogP contribution in [0.3, 0.4) is 0 Å². The van der Waals surface area contributed by atoms with Crippen LogP contribution in [0.4, 0.5) is 0 Å². The largest absolute Gasteiger partial charge is 0.435 e. The molecule has 1 aromatic carbocycles. The summed E-state index contributed by atoms with van der Waals surface area (Å²) in [6, 6.07) is 7.04. The van der Waals surface area contributed by atoms with Gasteiger partial charge < -0.3 is 4.74 Å². The molecule has 1 rings (SSSR count). The molecule has 2 unspecified atom stereocenters. The third-order valence-corrected chi connectivity index (χ3v) is 4.72. The summed E-state index contributed by atoms with van der Waals surface area (Å²) in [7, 11) is -3.10. The van der Waals surface area contributed by atoms with Gasteiger partial charge in [-0.05, 0) is 31.0 Å². The minimum absolute atomic E-state index is 0.432. The predicted octanol–water partition coefficient (Wildman–Crippen LogP) is 3.11. The lowest BCUT2D eigenvalue weighted by molar-refractivity contribution is -0.160. The fourth-order valence-corrected chi connectivity index (χ4v) is 3.33. The van der Waals surface area contributed by atoms with Crippen LogP contribution in [0.25, 0.3) is 0 Å². The van der Waals surface area contributed by atoms with E-state index in [1.165, 1.54) is 6.92 Å². The standard InChI is InChI=1S/C14H20O4S2/c1-4-5-9-14(17-12(3)15)18-20(16,19)13-8-6-7-11(2)10-13/h6-8,10,14H,4-5,9H2,1-3H3. The van der Waals surface area contributed by atoms with E-state index in [4.69, 9.17) is 20.1 Å². The van der Waals surface area contributed by atoms with Crippen molar-refractivity contribution in [3.05, 3.63) is 29.8 Å². The Morgan fingerprint density at radius 2 is 2.15 bits per heavy atom. The maximum absolute atomic E-state index is 12.5.